The number of hydrogen-bond acceptors (Lipinski definition) is 4. The maximum absolute atomic E-state index is 13.0. The SMILES string of the molecule is Cc1nn(-c2ccccc2)c2ncc(NC(=O)c3ccn4cc(-c5ccccc5)nc4c3)cc12. The molecule has 1 N–H and O–H groups in total. The van der Waals surface area contributed by atoms with Crippen molar-refractivity contribution < 1.29 is 4.79 Å². The molecule has 4 heterocycles. The van der Waals surface area contributed by atoms with Crippen molar-refractivity contribution in [3.05, 3.63) is 109 Å². The molecule has 6 rings (SSSR count). The number of para-hydroxylation sites is 1. The number of aromatic nitrogens is 5. The van der Waals surface area contributed by atoms with E-state index in [1.165, 1.54) is 0 Å². The Morgan fingerprint density at radius 3 is 2.50 bits per heavy atom. The molecular weight excluding hydrogens is 424 g/mol. The molecule has 7 nitrogen and oxygen atoms in total. The zero-order chi connectivity index (χ0) is 23.1. The topological polar surface area (TPSA) is 77.1 Å². The van der Waals surface area contributed by atoms with Gasteiger partial charge in [0.2, 0.25) is 0 Å². The van der Waals surface area contributed by atoms with E-state index in [-0.39, 0.29) is 5.91 Å². The fraction of sp³-hybridized carbons (Fsp3) is 0.0370. The third kappa shape index (κ3) is 3.49. The number of carbonyl (C=O) groups is 1. The van der Waals surface area contributed by atoms with Gasteiger partial charge in [0.05, 0.1) is 29.0 Å². The zero-order valence-corrected chi connectivity index (χ0v) is 18.4. The summed E-state index contributed by atoms with van der Waals surface area (Å²) >= 11 is 0. The summed E-state index contributed by atoms with van der Waals surface area (Å²) in [5.41, 5.74) is 6.26. The van der Waals surface area contributed by atoms with Gasteiger partial charge in [-0.3, -0.25) is 4.79 Å². The standard InChI is InChI=1S/C27H20N6O/c1-18-23-15-21(16-28-26(23)33(31-18)22-10-6-3-7-11-22)29-27(34)20-12-13-32-17-24(30-25(32)14-20)19-8-4-2-5-9-19/h2-17H,1H3,(H,29,34). The van der Waals surface area contributed by atoms with Crippen LogP contribution in [0, 0.1) is 6.92 Å². The Balaban J connectivity index is 1.29. The average molecular weight is 444 g/mol. The summed E-state index contributed by atoms with van der Waals surface area (Å²) in [6.45, 7) is 1.94. The van der Waals surface area contributed by atoms with E-state index in [1.807, 2.05) is 95.1 Å². The largest absolute Gasteiger partial charge is 0.321 e. The molecule has 164 valence electrons. The van der Waals surface area contributed by atoms with Gasteiger partial charge in [0, 0.05) is 28.9 Å². The first-order valence-corrected chi connectivity index (χ1v) is 10.9. The van der Waals surface area contributed by atoms with Crippen LogP contribution in [0.2, 0.25) is 0 Å². The molecule has 4 aromatic heterocycles. The van der Waals surface area contributed by atoms with E-state index in [0.29, 0.717) is 16.9 Å². The maximum atomic E-state index is 13.0. The number of fused-ring (bicyclic) bond motifs is 2. The minimum absolute atomic E-state index is 0.221. The van der Waals surface area contributed by atoms with Gasteiger partial charge in [0.15, 0.2) is 5.65 Å². The predicted octanol–water partition coefficient (Wildman–Crippen LogP) is 5.30. The Kier molecular flexibility index (Phi) is 4.66. The van der Waals surface area contributed by atoms with Gasteiger partial charge in [-0.15, -0.1) is 0 Å². The van der Waals surface area contributed by atoms with Crippen LogP contribution in [0.25, 0.3) is 33.6 Å². The van der Waals surface area contributed by atoms with E-state index >= 15 is 0 Å². The molecule has 0 fully saturated rings. The highest BCUT2D eigenvalue weighted by atomic mass is 16.1. The molecule has 0 saturated carbocycles. The lowest BCUT2D eigenvalue weighted by molar-refractivity contribution is 0.102. The van der Waals surface area contributed by atoms with Crippen molar-refractivity contribution in [2.45, 2.75) is 6.92 Å². The molecule has 2 aromatic carbocycles. The molecule has 0 saturated heterocycles. The molecule has 6 aromatic rings. The Morgan fingerprint density at radius 2 is 1.71 bits per heavy atom. The number of hydrogen-bond donors (Lipinski definition) is 1. The second-order valence-electron chi connectivity index (χ2n) is 8.06. The van der Waals surface area contributed by atoms with Gasteiger partial charge in [-0.05, 0) is 37.3 Å². The van der Waals surface area contributed by atoms with Crippen LogP contribution < -0.4 is 5.32 Å². The van der Waals surface area contributed by atoms with Crippen molar-refractivity contribution in [3.8, 4) is 16.9 Å². The van der Waals surface area contributed by atoms with Crippen molar-refractivity contribution in [1.82, 2.24) is 24.1 Å². The Bertz CT molecular complexity index is 1650. The van der Waals surface area contributed by atoms with Gasteiger partial charge in [-0.25, -0.2) is 14.6 Å². The summed E-state index contributed by atoms with van der Waals surface area (Å²) in [5, 5.41) is 8.47. The normalized spacial score (nSPS) is 11.2. The third-order valence-electron chi connectivity index (χ3n) is 5.76. The fourth-order valence-electron chi connectivity index (χ4n) is 4.04. The smallest absolute Gasteiger partial charge is 0.255 e. The van der Waals surface area contributed by atoms with Crippen LogP contribution in [0.15, 0.2) is 97.5 Å². The molecule has 0 bridgehead atoms. The highest BCUT2D eigenvalue weighted by molar-refractivity contribution is 6.05. The molecule has 0 radical (unpaired) electrons. The maximum Gasteiger partial charge on any atom is 0.255 e. The van der Waals surface area contributed by atoms with Gasteiger partial charge in [-0.2, -0.15) is 5.10 Å². The molecule has 0 spiro atoms. The number of amides is 1. The van der Waals surface area contributed by atoms with Crippen LogP contribution in [0.4, 0.5) is 5.69 Å². The molecule has 7 heteroatoms. The first kappa shape index (κ1) is 19.9. The molecule has 34 heavy (non-hydrogen) atoms. The van der Waals surface area contributed by atoms with Crippen LogP contribution in [-0.2, 0) is 0 Å². The third-order valence-corrected chi connectivity index (χ3v) is 5.76. The zero-order valence-electron chi connectivity index (χ0n) is 18.4. The monoisotopic (exact) mass is 444 g/mol. The Hall–Kier alpha value is -4.78. The number of aryl methyl sites for hydroxylation is 1. The predicted molar refractivity (Wildman–Crippen MR) is 132 cm³/mol. The van der Waals surface area contributed by atoms with Crippen LogP contribution in [0.1, 0.15) is 16.1 Å². The number of nitrogens with zero attached hydrogens (tertiary/aromatic N) is 5. The lowest BCUT2D eigenvalue weighted by Gasteiger charge is -2.06. The van der Waals surface area contributed by atoms with Crippen LogP contribution in [0.5, 0.6) is 0 Å². The van der Waals surface area contributed by atoms with Gasteiger partial charge >= 0.3 is 0 Å². The van der Waals surface area contributed by atoms with Crippen molar-refractivity contribution >= 4 is 28.3 Å². The van der Waals surface area contributed by atoms with Crippen molar-refractivity contribution in [1.29, 1.82) is 0 Å². The van der Waals surface area contributed by atoms with Crippen molar-refractivity contribution in [3.63, 3.8) is 0 Å². The summed E-state index contributed by atoms with van der Waals surface area (Å²) in [5.74, 6) is -0.221. The quantitative estimate of drug-likeness (QED) is 0.400. The van der Waals surface area contributed by atoms with E-state index in [1.54, 1.807) is 18.3 Å². The summed E-state index contributed by atoms with van der Waals surface area (Å²) in [7, 11) is 0. The molecule has 0 aliphatic rings. The van der Waals surface area contributed by atoms with E-state index in [9.17, 15) is 4.79 Å². The highest BCUT2D eigenvalue weighted by Crippen LogP contribution is 2.24. The van der Waals surface area contributed by atoms with Gasteiger partial charge < -0.3 is 9.72 Å². The lowest BCUT2D eigenvalue weighted by atomic mass is 10.2. The van der Waals surface area contributed by atoms with E-state index in [4.69, 9.17) is 0 Å². The van der Waals surface area contributed by atoms with Crippen LogP contribution in [-0.4, -0.2) is 30.1 Å². The number of anilines is 1. The number of rotatable bonds is 4. The molecule has 0 atom stereocenters. The first-order valence-electron chi connectivity index (χ1n) is 10.9. The van der Waals surface area contributed by atoms with Crippen LogP contribution in [0.3, 0.4) is 0 Å². The Morgan fingerprint density at radius 1 is 0.941 bits per heavy atom. The Labute approximate surface area is 195 Å². The van der Waals surface area contributed by atoms with Gasteiger partial charge in [0.1, 0.15) is 5.65 Å². The van der Waals surface area contributed by atoms with Crippen LogP contribution >= 0.6 is 0 Å². The van der Waals surface area contributed by atoms with E-state index < -0.39 is 0 Å². The average Bonchev–Trinajstić information content (AvgIpc) is 3.46. The fourth-order valence-corrected chi connectivity index (χ4v) is 4.04. The molecular formula is C27H20N6O. The minimum Gasteiger partial charge on any atom is -0.321 e. The van der Waals surface area contributed by atoms with E-state index in [2.05, 4.69) is 20.4 Å². The minimum atomic E-state index is -0.221. The number of nitrogens with one attached hydrogen (secondary N) is 1. The lowest BCUT2D eigenvalue weighted by Crippen LogP contribution is -2.12. The van der Waals surface area contributed by atoms with Gasteiger partial charge in [-0.1, -0.05) is 48.5 Å². The van der Waals surface area contributed by atoms with E-state index in [0.717, 1.165) is 33.7 Å². The first-order chi connectivity index (χ1) is 16.7. The summed E-state index contributed by atoms with van der Waals surface area (Å²) in [4.78, 5) is 22.2. The molecule has 0 aliphatic carbocycles. The summed E-state index contributed by atoms with van der Waals surface area (Å²) in [6.07, 6.45) is 5.46. The number of benzene rings is 2. The number of imidazole rings is 1. The summed E-state index contributed by atoms with van der Waals surface area (Å²) in [6, 6.07) is 25.3. The molecule has 1 amide bonds. The van der Waals surface area contributed by atoms with Gasteiger partial charge in [0.25, 0.3) is 5.91 Å². The number of carbonyl (C=O) groups excluding carboxylic acids is 1. The van der Waals surface area contributed by atoms with Crippen molar-refractivity contribution in [2.24, 2.45) is 0 Å². The molecule has 0 aliphatic heterocycles. The number of pyridine rings is 2. The molecule has 0 unspecified atom stereocenters. The highest BCUT2D eigenvalue weighted by Gasteiger charge is 2.14. The summed E-state index contributed by atoms with van der Waals surface area (Å²) < 4.78 is 3.72. The second-order valence-corrected chi connectivity index (χ2v) is 8.06. The van der Waals surface area contributed by atoms with Crippen molar-refractivity contribution in [2.75, 3.05) is 5.32 Å². The second kappa shape index (κ2) is 7.97.